The zero-order chi connectivity index (χ0) is 12.1. The van der Waals surface area contributed by atoms with Gasteiger partial charge in [-0.1, -0.05) is 6.92 Å². The standard InChI is InChI=1S/C12H20N2O2/c1-9(8-15)10(2)13-12(16)11(3)14-6-4-5-7-14/h4-7,9-11,15H,8H2,1-3H3,(H,13,16). The highest BCUT2D eigenvalue weighted by Gasteiger charge is 2.18. The minimum atomic E-state index is -0.219. The third-order valence-corrected chi connectivity index (χ3v) is 2.97. The molecule has 1 amide bonds. The zero-order valence-electron chi connectivity index (χ0n) is 10.1. The summed E-state index contributed by atoms with van der Waals surface area (Å²) in [5, 5.41) is 11.9. The first-order valence-corrected chi connectivity index (χ1v) is 5.60. The number of amides is 1. The third kappa shape index (κ3) is 3.10. The van der Waals surface area contributed by atoms with Gasteiger partial charge in [0.15, 0.2) is 0 Å². The van der Waals surface area contributed by atoms with Crippen LogP contribution in [0.1, 0.15) is 26.8 Å². The van der Waals surface area contributed by atoms with Crippen LogP contribution in [0.5, 0.6) is 0 Å². The molecule has 0 aliphatic rings. The molecule has 1 heterocycles. The van der Waals surface area contributed by atoms with Gasteiger partial charge in [0.05, 0.1) is 0 Å². The number of aliphatic hydroxyl groups is 1. The van der Waals surface area contributed by atoms with E-state index in [1.165, 1.54) is 0 Å². The SMILES string of the molecule is CC(CO)C(C)NC(=O)C(C)n1cccc1. The molecule has 4 heteroatoms. The Bertz CT molecular complexity index is 322. The Balaban J connectivity index is 2.52. The highest BCUT2D eigenvalue weighted by molar-refractivity contribution is 5.80. The molecular weight excluding hydrogens is 204 g/mol. The maximum atomic E-state index is 11.9. The summed E-state index contributed by atoms with van der Waals surface area (Å²) < 4.78 is 1.85. The minimum Gasteiger partial charge on any atom is -0.396 e. The van der Waals surface area contributed by atoms with E-state index >= 15 is 0 Å². The predicted molar refractivity (Wildman–Crippen MR) is 63.0 cm³/mol. The van der Waals surface area contributed by atoms with Gasteiger partial charge in [0.25, 0.3) is 0 Å². The fourth-order valence-electron chi connectivity index (χ4n) is 1.39. The maximum Gasteiger partial charge on any atom is 0.242 e. The van der Waals surface area contributed by atoms with Crippen LogP contribution in [0.15, 0.2) is 24.5 Å². The van der Waals surface area contributed by atoms with Gasteiger partial charge in [-0.2, -0.15) is 0 Å². The highest BCUT2D eigenvalue weighted by Crippen LogP contribution is 2.08. The molecule has 2 N–H and O–H groups in total. The van der Waals surface area contributed by atoms with Crippen LogP contribution in [0.3, 0.4) is 0 Å². The number of aliphatic hydroxyl groups excluding tert-OH is 1. The summed E-state index contributed by atoms with van der Waals surface area (Å²) in [5.41, 5.74) is 0. The van der Waals surface area contributed by atoms with E-state index in [2.05, 4.69) is 5.32 Å². The van der Waals surface area contributed by atoms with Crippen molar-refractivity contribution in [3.8, 4) is 0 Å². The Morgan fingerprint density at radius 1 is 1.31 bits per heavy atom. The van der Waals surface area contributed by atoms with Crippen LogP contribution in [0.25, 0.3) is 0 Å². The molecule has 1 rings (SSSR count). The molecule has 1 aromatic heterocycles. The van der Waals surface area contributed by atoms with E-state index in [0.29, 0.717) is 0 Å². The molecule has 0 saturated carbocycles. The highest BCUT2D eigenvalue weighted by atomic mass is 16.3. The summed E-state index contributed by atoms with van der Waals surface area (Å²) in [5.74, 6) is 0.0461. The predicted octanol–water partition coefficient (Wildman–Crippen LogP) is 1.18. The molecule has 3 unspecified atom stereocenters. The Kier molecular flexibility index (Phi) is 4.55. The van der Waals surface area contributed by atoms with E-state index in [-0.39, 0.29) is 30.5 Å². The van der Waals surface area contributed by atoms with Crippen molar-refractivity contribution in [2.75, 3.05) is 6.61 Å². The molecule has 0 aliphatic heterocycles. The van der Waals surface area contributed by atoms with Crippen molar-refractivity contribution >= 4 is 5.91 Å². The molecule has 0 saturated heterocycles. The van der Waals surface area contributed by atoms with Gasteiger partial charge in [-0.15, -0.1) is 0 Å². The number of nitrogens with one attached hydrogen (secondary N) is 1. The van der Waals surface area contributed by atoms with Crippen molar-refractivity contribution in [2.24, 2.45) is 5.92 Å². The first-order valence-electron chi connectivity index (χ1n) is 5.60. The number of rotatable bonds is 5. The van der Waals surface area contributed by atoms with E-state index in [9.17, 15) is 4.79 Å². The van der Waals surface area contributed by atoms with Crippen molar-refractivity contribution in [2.45, 2.75) is 32.9 Å². The lowest BCUT2D eigenvalue weighted by Gasteiger charge is -2.22. The Morgan fingerprint density at radius 3 is 2.38 bits per heavy atom. The van der Waals surface area contributed by atoms with Crippen molar-refractivity contribution in [1.29, 1.82) is 0 Å². The van der Waals surface area contributed by atoms with Crippen molar-refractivity contribution < 1.29 is 9.90 Å². The maximum absolute atomic E-state index is 11.9. The van der Waals surface area contributed by atoms with E-state index < -0.39 is 0 Å². The summed E-state index contributed by atoms with van der Waals surface area (Å²) >= 11 is 0. The lowest BCUT2D eigenvalue weighted by atomic mass is 10.0. The van der Waals surface area contributed by atoms with Gasteiger partial charge in [0, 0.05) is 25.0 Å². The van der Waals surface area contributed by atoms with Crippen LogP contribution in [-0.2, 0) is 4.79 Å². The molecule has 0 aliphatic carbocycles. The third-order valence-electron chi connectivity index (χ3n) is 2.97. The fraction of sp³-hybridized carbons (Fsp3) is 0.583. The summed E-state index contributed by atoms with van der Waals surface area (Å²) in [4.78, 5) is 11.9. The summed E-state index contributed by atoms with van der Waals surface area (Å²) in [6.45, 7) is 5.75. The lowest BCUT2D eigenvalue weighted by Crippen LogP contribution is -2.41. The summed E-state index contributed by atoms with van der Waals surface area (Å²) in [6.07, 6.45) is 3.73. The quantitative estimate of drug-likeness (QED) is 0.789. The molecule has 0 radical (unpaired) electrons. The molecule has 1 aromatic rings. The molecule has 0 bridgehead atoms. The number of carbonyl (C=O) groups excluding carboxylic acids is 1. The average molecular weight is 224 g/mol. The Hall–Kier alpha value is -1.29. The van der Waals surface area contributed by atoms with Gasteiger partial charge in [-0.05, 0) is 31.9 Å². The van der Waals surface area contributed by atoms with Crippen molar-refractivity contribution in [1.82, 2.24) is 9.88 Å². The molecule has 90 valence electrons. The van der Waals surface area contributed by atoms with Crippen LogP contribution >= 0.6 is 0 Å². The number of nitrogens with zero attached hydrogens (tertiary/aromatic N) is 1. The summed E-state index contributed by atoms with van der Waals surface area (Å²) in [6, 6.07) is 3.55. The van der Waals surface area contributed by atoms with E-state index in [4.69, 9.17) is 5.11 Å². The average Bonchev–Trinajstić information content (AvgIpc) is 2.79. The monoisotopic (exact) mass is 224 g/mol. The van der Waals surface area contributed by atoms with Crippen LogP contribution in [0.4, 0.5) is 0 Å². The van der Waals surface area contributed by atoms with Gasteiger partial charge in [0.2, 0.25) is 5.91 Å². The molecule has 3 atom stereocenters. The van der Waals surface area contributed by atoms with Crippen LogP contribution in [0.2, 0.25) is 0 Å². The van der Waals surface area contributed by atoms with E-state index in [0.717, 1.165) is 0 Å². The van der Waals surface area contributed by atoms with Gasteiger partial charge in [-0.3, -0.25) is 4.79 Å². The van der Waals surface area contributed by atoms with Crippen LogP contribution < -0.4 is 5.32 Å². The van der Waals surface area contributed by atoms with E-state index in [1.807, 2.05) is 49.9 Å². The summed E-state index contributed by atoms with van der Waals surface area (Å²) in [7, 11) is 0. The molecule has 0 spiro atoms. The largest absolute Gasteiger partial charge is 0.396 e. The molecule has 0 aromatic carbocycles. The molecule has 16 heavy (non-hydrogen) atoms. The number of hydrogen-bond donors (Lipinski definition) is 2. The smallest absolute Gasteiger partial charge is 0.242 e. The van der Waals surface area contributed by atoms with Gasteiger partial charge < -0.3 is 15.0 Å². The van der Waals surface area contributed by atoms with Crippen molar-refractivity contribution in [3.05, 3.63) is 24.5 Å². The first kappa shape index (κ1) is 12.8. The Morgan fingerprint density at radius 2 is 1.88 bits per heavy atom. The van der Waals surface area contributed by atoms with Gasteiger partial charge in [-0.25, -0.2) is 0 Å². The fourth-order valence-corrected chi connectivity index (χ4v) is 1.39. The topological polar surface area (TPSA) is 54.3 Å². The second-order valence-electron chi connectivity index (χ2n) is 4.26. The molecule has 0 fully saturated rings. The normalized spacial score (nSPS) is 16.5. The number of aromatic nitrogens is 1. The molecular formula is C12H20N2O2. The lowest BCUT2D eigenvalue weighted by molar-refractivity contribution is -0.124. The Labute approximate surface area is 96.3 Å². The molecule has 4 nitrogen and oxygen atoms in total. The first-order chi connectivity index (χ1) is 7.56. The number of carbonyl (C=O) groups is 1. The van der Waals surface area contributed by atoms with Crippen molar-refractivity contribution in [3.63, 3.8) is 0 Å². The van der Waals surface area contributed by atoms with Crippen LogP contribution in [0, 0.1) is 5.92 Å². The second kappa shape index (κ2) is 5.70. The van der Waals surface area contributed by atoms with Crippen LogP contribution in [-0.4, -0.2) is 28.2 Å². The van der Waals surface area contributed by atoms with Gasteiger partial charge in [0.1, 0.15) is 6.04 Å². The van der Waals surface area contributed by atoms with Gasteiger partial charge >= 0.3 is 0 Å². The number of hydrogen-bond acceptors (Lipinski definition) is 2. The van der Waals surface area contributed by atoms with E-state index in [1.54, 1.807) is 0 Å². The minimum absolute atomic E-state index is 0.0180. The zero-order valence-corrected chi connectivity index (χ0v) is 10.1. The second-order valence-corrected chi connectivity index (χ2v) is 4.26.